The van der Waals surface area contributed by atoms with Crippen LogP contribution in [0.25, 0.3) is 0 Å². The molecule has 3 nitrogen and oxygen atoms in total. The van der Waals surface area contributed by atoms with Crippen molar-refractivity contribution in [2.45, 2.75) is 44.6 Å². The van der Waals surface area contributed by atoms with Gasteiger partial charge in [0.2, 0.25) is 0 Å². The topological polar surface area (TPSA) is 40.5 Å². The average molecular weight is 211 g/mol. The van der Waals surface area contributed by atoms with Crippen LogP contribution in [-0.2, 0) is 4.79 Å². The van der Waals surface area contributed by atoms with E-state index >= 15 is 0 Å². The highest BCUT2D eigenvalue weighted by atomic mass is 16.3. The van der Waals surface area contributed by atoms with Crippen LogP contribution in [0.5, 0.6) is 0 Å². The summed E-state index contributed by atoms with van der Waals surface area (Å²) in [6.07, 6.45) is 5.77. The van der Waals surface area contributed by atoms with E-state index in [1.165, 1.54) is 0 Å². The first kappa shape index (κ1) is 11.1. The van der Waals surface area contributed by atoms with E-state index in [0.29, 0.717) is 11.7 Å². The summed E-state index contributed by atoms with van der Waals surface area (Å²) in [5.74, 6) is 0.823. The van der Waals surface area contributed by atoms with E-state index in [-0.39, 0.29) is 6.10 Å². The molecular weight excluding hydrogens is 190 g/mol. The largest absolute Gasteiger partial charge is 0.393 e. The van der Waals surface area contributed by atoms with E-state index in [2.05, 4.69) is 4.90 Å². The molecule has 0 bridgehead atoms. The number of carbonyl (C=O) groups excluding carboxylic acids is 1. The zero-order chi connectivity index (χ0) is 10.7. The van der Waals surface area contributed by atoms with E-state index in [4.69, 9.17) is 0 Å². The lowest BCUT2D eigenvalue weighted by molar-refractivity contribution is -0.120. The maximum atomic E-state index is 11.4. The van der Waals surface area contributed by atoms with Crippen LogP contribution in [0.4, 0.5) is 0 Å². The molecule has 1 atom stereocenters. The van der Waals surface area contributed by atoms with Crippen LogP contribution in [0.1, 0.15) is 38.5 Å². The Morgan fingerprint density at radius 2 is 2.00 bits per heavy atom. The molecule has 2 fully saturated rings. The Morgan fingerprint density at radius 3 is 2.60 bits per heavy atom. The molecule has 0 radical (unpaired) electrons. The van der Waals surface area contributed by atoms with Crippen molar-refractivity contribution in [1.82, 2.24) is 4.90 Å². The summed E-state index contributed by atoms with van der Waals surface area (Å²) in [7, 11) is 0. The van der Waals surface area contributed by atoms with Gasteiger partial charge in [0.05, 0.1) is 6.10 Å². The average Bonchev–Trinajstić information content (AvgIpc) is 2.63. The van der Waals surface area contributed by atoms with Gasteiger partial charge in [0, 0.05) is 25.4 Å². The number of carbonyl (C=O) groups is 1. The van der Waals surface area contributed by atoms with Gasteiger partial charge in [-0.2, -0.15) is 0 Å². The van der Waals surface area contributed by atoms with Gasteiger partial charge in [-0.15, -0.1) is 0 Å². The minimum absolute atomic E-state index is 0.0886. The molecule has 1 saturated heterocycles. The number of rotatable bonds is 3. The fourth-order valence-electron chi connectivity index (χ4n) is 2.67. The number of likely N-dealkylation sites (tertiary alicyclic amines) is 1. The van der Waals surface area contributed by atoms with E-state index in [0.717, 1.165) is 58.2 Å². The number of aliphatic hydroxyl groups excluding tert-OH is 1. The van der Waals surface area contributed by atoms with Gasteiger partial charge in [0.15, 0.2) is 0 Å². The number of hydrogen-bond acceptors (Lipinski definition) is 3. The van der Waals surface area contributed by atoms with Gasteiger partial charge >= 0.3 is 0 Å². The minimum Gasteiger partial charge on any atom is -0.393 e. The lowest BCUT2D eigenvalue weighted by atomic mass is 10.0. The van der Waals surface area contributed by atoms with Crippen molar-refractivity contribution in [3.05, 3.63) is 0 Å². The van der Waals surface area contributed by atoms with Crippen molar-refractivity contribution < 1.29 is 9.90 Å². The molecule has 86 valence electrons. The highest BCUT2D eigenvalue weighted by molar-refractivity contribution is 5.82. The van der Waals surface area contributed by atoms with Crippen LogP contribution in [0.15, 0.2) is 0 Å². The molecule has 15 heavy (non-hydrogen) atoms. The quantitative estimate of drug-likeness (QED) is 0.762. The highest BCUT2D eigenvalue weighted by Crippen LogP contribution is 2.24. The number of aliphatic hydroxyl groups is 1. The molecule has 2 rings (SSSR count). The molecule has 0 aromatic carbocycles. The lowest BCUT2D eigenvalue weighted by Gasteiger charge is -2.29. The normalized spacial score (nSPS) is 29.9. The van der Waals surface area contributed by atoms with Crippen LogP contribution < -0.4 is 0 Å². The summed E-state index contributed by atoms with van der Waals surface area (Å²) in [6, 6.07) is 0. The van der Waals surface area contributed by atoms with Crippen LogP contribution in [0, 0.1) is 5.92 Å². The number of Topliss-reactive ketones (excluding diaryl/α,β-unsaturated/α-hetero) is 1. The molecule has 0 amide bonds. The van der Waals surface area contributed by atoms with Gasteiger partial charge in [0.25, 0.3) is 0 Å². The zero-order valence-electron chi connectivity index (χ0n) is 9.32. The molecule has 1 N–H and O–H groups in total. The molecule has 0 aromatic rings. The Kier molecular flexibility index (Phi) is 3.76. The fraction of sp³-hybridized carbons (Fsp3) is 0.917. The van der Waals surface area contributed by atoms with Gasteiger partial charge in [-0.3, -0.25) is 4.79 Å². The Bertz CT molecular complexity index is 222. The maximum absolute atomic E-state index is 11.4. The summed E-state index contributed by atoms with van der Waals surface area (Å²) in [6.45, 7) is 3.05. The minimum atomic E-state index is -0.0886. The first-order chi connectivity index (χ1) is 7.25. The molecule has 1 unspecified atom stereocenters. The molecular formula is C12H21NO2. The predicted molar refractivity (Wildman–Crippen MR) is 58.6 cm³/mol. The second kappa shape index (κ2) is 5.08. The van der Waals surface area contributed by atoms with Crippen molar-refractivity contribution in [2.75, 3.05) is 19.6 Å². The molecule has 1 saturated carbocycles. The van der Waals surface area contributed by atoms with E-state index in [1.54, 1.807) is 0 Å². The number of ketones is 1. The molecule has 1 aliphatic heterocycles. The fourth-order valence-corrected chi connectivity index (χ4v) is 2.67. The Balaban J connectivity index is 1.67. The van der Waals surface area contributed by atoms with Crippen LogP contribution in [0.3, 0.4) is 0 Å². The first-order valence-electron chi connectivity index (χ1n) is 6.19. The van der Waals surface area contributed by atoms with Crippen LogP contribution in [0.2, 0.25) is 0 Å². The third kappa shape index (κ3) is 3.02. The summed E-state index contributed by atoms with van der Waals surface area (Å²) in [5.41, 5.74) is 0. The van der Waals surface area contributed by atoms with Gasteiger partial charge in [-0.25, -0.2) is 0 Å². The van der Waals surface area contributed by atoms with Crippen LogP contribution >= 0.6 is 0 Å². The van der Waals surface area contributed by atoms with Gasteiger partial charge in [0.1, 0.15) is 5.78 Å². The van der Waals surface area contributed by atoms with E-state index in [9.17, 15) is 9.90 Å². The van der Waals surface area contributed by atoms with Gasteiger partial charge in [-0.1, -0.05) is 0 Å². The third-order valence-corrected chi connectivity index (χ3v) is 3.78. The Labute approximate surface area is 91.5 Å². The first-order valence-corrected chi connectivity index (χ1v) is 6.19. The standard InChI is InChI=1S/C12H21NO2/c14-11-5-8-13(9-6-11)7-4-10-2-1-3-12(10)15/h10-11,14H,1-9H2. The summed E-state index contributed by atoms with van der Waals surface area (Å²) < 4.78 is 0. The lowest BCUT2D eigenvalue weighted by Crippen LogP contribution is -2.37. The highest BCUT2D eigenvalue weighted by Gasteiger charge is 2.25. The Hall–Kier alpha value is -0.410. The SMILES string of the molecule is O=C1CCCC1CCN1CCC(O)CC1. The van der Waals surface area contributed by atoms with Crippen molar-refractivity contribution >= 4 is 5.78 Å². The smallest absolute Gasteiger partial charge is 0.136 e. The summed E-state index contributed by atoms with van der Waals surface area (Å²) >= 11 is 0. The third-order valence-electron chi connectivity index (χ3n) is 3.78. The van der Waals surface area contributed by atoms with Gasteiger partial charge < -0.3 is 10.0 Å². The number of piperidine rings is 1. The van der Waals surface area contributed by atoms with E-state index in [1.807, 2.05) is 0 Å². The second-order valence-electron chi connectivity index (χ2n) is 4.92. The maximum Gasteiger partial charge on any atom is 0.136 e. The molecule has 3 heteroatoms. The monoisotopic (exact) mass is 211 g/mol. The second-order valence-corrected chi connectivity index (χ2v) is 4.92. The van der Waals surface area contributed by atoms with E-state index < -0.39 is 0 Å². The Morgan fingerprint density at radius 1 is 1.27 bits per heavy atom. The molecule has 1 heterocycles. The van der Waals surface area contributed by atoms with Crippen molar-refractivity contribution in [1.29, 1.82) is 0 Å². The number of hydrogen-bond donors (Lipinski definition) is 1. The van der Waals surface area contributed by atoms with Crippen molar-refractivity contribution in [3.63, 3.8) is 0 Å². The summed E-state index contributed by atoms with van der Waals surface area (Å²) in [4.78, 5) is 13.8. The van der Waals surface area contributed by atoms with Crippen molar-refractivity contribution in [2.24, 2.45) is 5.92 Å². The summed E-state index contributed by atoms with van der Waals surface area (Å²) in [5, 5.41) is 9.37. The van der Waals surface area contributed by atoms with Crippen LogP contribution in [-0.4, -0.2) is 41.5 Å². The molecule has 0 aromatic heterocycles. The molecule has 2 aliphatic rings. The molecule has 0 spiro atoms. The van der Waals surface area contributed by atoms with Gasteiger partial charge in [-0.05, 0) is 38.6 Å². The molecule has 1 aliphatic carbocycles. The predicted octanol–water partition coefficient (Wildman–Crippen LogP) is 1.20. The zero-order valence-corrected chi connectivity index (χ0v) is 9.32. The number of nitrogens with zero attached hydrogens (tertiary/aromatic N) is 1. The van der Waals surface area contributed by atoms with Crippen molar-refractivity contribution in [3.8, 4) is 0 Å².